The van der Waals surface area contributed by atoms with Gasteiger partial charge in [-0.1, -0.05) is 6.07 Å². The summed E-state index contributed by atoms with van der Waals surface area (Å²) in [7, 11) is 2.97. The van der Waals surface area contributed by atoms with Gasteiger partial charge in [0.15, 0.2) is 11.5 Å². The number of hydrogen-bond donors (Lipinski definition) is 2. The molecule has 0 radical (unpaired) electrons. The van der Waals surface area contributed by atoms with Crippen molar-refractivity contribution in [1.29, 1.82) is 0 Å². The zero-order chi connectivity index (χ0) is 15.2. The average molecular weight is 291 g/mol. The number of carbonyl (C=O) groups is 1. The van der Waals surface area contributed by atoms with E-state index in [2.05, 4.69) is 5.32 Å². The van der Waals surface area contributed by atoms with Crippen LogP contribution in [0.4, 0.5) is 0 Å². The van der Waals surface area contributed by atoms with Gasteiger partial charge in [0.2, 0.25) is 0 Å². The number of nitrogens with one attached hydrogen (secondary N) is 1. The highest BCUT2D eigenvalue weighted by atomic mass is 16.5. The summed E-state index contributed by atoms with van der Waals surface area (Å²) in [6.45, 7) is 0.0682. The summed E-state index contributed by atoms with van der Waals surface area (Å²) in [5.41, 5.74) is 0.948. The predicted octanol–water partition coefficient (Wildman–Crippen LogP) is 1.76. The van der Waals surface area contributed by atoms with Crippen molar-refractivity contribution in [3.63, 3.8) is 0 Å². The number of aliphatic hydroxyl groups excluding tert-OH is 1. The maximum absolute atomic E-state index is 12.2. The van der Waals surface area contributed by atoms with Gasteiger partial charge in [0.05, 0.1) is 38.4 Å². The summed E-state index contributed by atoms with van der Waals surface area (Å²) in [4.78, 5) is 12.2. The predicted molar refractivity (Wildman–Crippen MR) is 75.5 cm³/mol. The Morgan fingerprint density at radius 2 is 2.14 bits per heavy atom. The van der Waals surface area contributed by atoms with Crippen LogP contribution in [0.3, 0.4) is 0 Å². The fraction of sp³-hybridized carbons (Fsp3) is 0.267. The number of hydrogen-bond acceptors (Lipinski definition) is 5. The number of aliphatic hydroxyl groups is 1. The van der Waals surface area contributed by atoms with E-state index in [1.54, 1.807) is 24.3 Å². The molecule has 6 heteroatoms. The lowest BCUT2D eigenvalue weighted by molar-refractivity contribution is 0.0912. The van der Waals surface area contributed by atoms with Crippen LogP contribution in [0.1, 0.15) is 22.0 Å². The summed E-state index contributed by atoms with van der Waals surface area (Å²) < 4.78 is 15.2. The molecule has 1 unspecified atom stereocenters. The van der Waals surface area contributed by atoms with E-state index < -0.39 is 6.10 Å². The first kappa shape index (κ1) is 14.9. The van der Waals surface area contributed by atoms with Gasteiger partial charge in [-0.3, -0.25) is 4.79 Å². The number of carbonyl (C=O) groups excluding carboxylic acids is 1. The third-order valence-corrected chi connectivity index (χ3v) is 3.03. The first-order valence-electron chi connectivity index (χ1n) is 6.36. The molecule has 0 fully saturated rings. The summed E-state index contributed by atoms with van der Waals surface area (Å²) in [6, 6.07) is 6.67. The van der Waals surface area contributed by atoms with E-state index in [1.165, 1.54) is 26.7 Å². The van der Waals surface area contributed by atoms with Crippen LogP contribution in [0, 0.1) is 0 Å². The molecule has 2 aromatic rings. The first-order valence-corrected chi connectivity index (χ1v) is 6.36. The van der Waals surface area contributed by atoms with Crippen molar-refractivity contribution in [3.05, 3.63) is 47.9 Å². The lowest BCUT2D eigenvalue weighted by atomic mass is 10.1. The van der Waals surface area contributed by atoms with E-state index in [0.717, 1.165) is 0 Å². The second-order valence-corrected chi connectivity index (χ2v) is 4.32. The van der Waals surface area contributed by atoms with Crippen molar-refractivity contribution >= 4 is 5.91 Å². The Hall–Kier alpha value is -2.47. The molecule has 2 rings (SSSR count). The smallest absolute Gasteiger partial charge is 0.255 e. The van der Waals surface area contributed by atoms with Crippen molar-refractivity contribution in [2.24, 2.45) is 0 Å². The van der Waals surface area contributed by atoms with Crippen LogP contribution in [0.15, 0.2) is 41.2 Å². The van der Waals surface area contributed by atoms with Gasteiger partial charge >= 0.3 is 0 Å². The van der Waals surface area contributed by atoms with Crippen molar-refractivity contribution in [2.75, 3.05) is 20.8 Å². The largest absolute Gasteiger partial charge is 0.493 e. The van der Waals surface area contributed by atoms with Crippen molar-refractivity contribution in [1.82, 2.24) is 5.32 Å². The van der Waals surface area contributed by atoms with Crippen molar-refractivity contribution < 1.29 is 23.8 Å². The van der Waals surface area contributed by atoms with Crippen molar-refractivity contribution in [2.45, 2.75) is 6.10 Å². The highest BCUT2D eigenvalue weighted by molar-refractivity contribution is 5.97. The third-order valence-electron chi connectivity index (χ3n) is 3.03. The van der Waals surface area contributed by atoms with Gasteiger partial charge < -0.3 is 24.3 Å². The fourth-order valence-corrected chi connectivity index (χ4v) is 1.93. The molecule has 1 amide bonds. The molecule has 112 valence electrons. The molecule has 0 aliphatic heterocycles. The maximum Gasteiger partial charge on any atom is 0.255 e. The van der Waals surface area contributed by atoms with Crippen LogP contribution in [0.25, 0.3) is 0 Å². The second-order valence-electron chi connectivity index (χ2n) is 4.32. The van der Waals surface area contributed by atoms with Gasteiger partial charge in [-0.05, 0) is 18.2 Å². The molecule has 1 aromatic heterocycles. The number of methoxy groups -OCH3 is 2. The minimum atomic E-state index is -0.829. The fourth-order valence-electron chi connectivity index (χ4n) is 1.93. The summed E-state index contributed by atoms with van der Waals surface area (Å²) >= 11 is 0. The van der Waals surface area contributed by atoms with E-state index in [1.807, 2.05) is 0 Å². The Labute approximate surface area is 122 Å². The Morgan fingerprint density at radius 3 is 2.76 bits per heavy atom. The van der Waals surface area contributed by atoms with Gasteiger partial charge in [-0.2, -0.15) is 0 Å². The minimum absolute atomic E-state index is 0.0682. The molecule has 0 spiro atoms. The van der Waals surface area contributed by atoms with Crippen molar-refractivity contribution in [3.8, 4) is 11.5 Å². The Balaban J connectivity index is 2.07. The number of rotatable bonds is 6. The maximum atomic E-state index is 12.2. The Bertz CT molecular complexity index is 594. The highest BCUT2D eigenvalue weighted by Gasteiger charge is 2.17. The third kappa shape index (κ3) is 3.35. The quantitative estimate of drug-likeness (QED) is 0.847. The molecule has 0 saturated carbocycles. The van der Waals surface area contributed by atoms with Gasteiger partial charge in [0.25, 0.3) is 5.91 Å². The molecule has 2 N–H and O–H groups in total. The van der Waals surface area contributed by atoms with Gasteiger partial charge in [0, 0.05) is 12.1 Å². The van der Waals surface area contributed by atoms with Crippen LogP contribution in [0.2, 0.25) is 0 Å². The van der Waals surface area contributed by atoms with E-state index in [4.69, 9.17) is 13.9 Å². The van der Waals surface area contributed by atoms with E-state index in [-0.39, 0.29) is 12.5 Å². The summed E-state index contributed by atoms with van der Waals surface area (Å²) in [5.74, 6) is 0.476. The number of benzene rings is 1. The number of para-hydroxylation sites is 1. The lowest BCUT2D eigenvalue weighted by Crippen LogP contribution is -2.28. The molecule has 6 nitrogen and oxygen atoms in total. The first-order chi connectivity index (χ1) is 10.2. The van der Waals surface area contributed by atoms with Gasteiger partial charge in [-0.15, -0.1) is 0 Å². The normalized spacial score (nSPS) is 11.8. The summed E-state index contributed by atoms with van der Waals surface area (Å²) in [5, 5.41) is 12.5. The zero-order valence-electron chi connectivity index (χ0n) is 11.8. The highest BCUT2D eigenvalue weighted by Crippen LogP contribution is 2.30. The molecule has 0 bridgehead atoms. The lowest BCUT2D eigenvalue weighted by Gasteiger charge is -2.14. The molecule has 21 heavy (non-hydrogen) atoms. The molecule has 0 saturated heterocycles. The number of amides is 1. The van der Waals surface area contributed by atoms with Crippen LogP contribution in [0.5, 0.6) is 11.5 Å². The molecule has 1 atom stereocenters. The topological polar surface area (TPSA) is 80.9 Å². The zero-order valence-corrected chi connectivity index (χ0v) is 11.8. The Kier molecular flexibility index (Phi) is 4.84. The van der Waals surface area contributed by atoms with E-state index in [9.17, 15) is 9.90 Å². The molecular formula is C15H17NO5. The molecule has 1 heterocycles. The monoisotopic (exact) mass is 291 g/mol. The van der Waals surface area contributed by atoms with Crippen LogP contribution >= 0.6 is 0 Å². The molecular weight excluding hydrogens is 274 g/mol. The molecule has 0 aliphatic rings. The van der Waals surface area contributed by atoms with Crippen LogP contribution in [-0.4, -0.2) is 31.8 Å². The van der Waals surface area contributed by atoms with Gasteiger partial charge in [-0.25, -0.2) is 0 Å². The van der Waals surface area contributed by atoms with E-state index >= 15 is 0 Å². The molecule has 1 aromatic carbocycles. The average Bonchev–Trinajstić information content (AvgIpc) is 3.05. The second kappa shape index (κ2) is 6.81. The SMILES string of the molecule is COc1cccc(C(=O)NCC(O)c2ccoc2)c1OC. The number of furan rings is 1. The number of ether oxygens (including phenoxy) is 2. The van der Waals surface area contributed by atoms with Gasteiger partial charge in [0.1, 0.15) is 0 Å². The minimum Gasteiger partial charge on any atom is -0.493 e. The van der Waals surface area contributed by atoms with Crippen LogP contribution in [-0.2, 0) is 0 Å². The van der Waals surface area contributed by atoms with E-state index in [0.29, 0.717) is 22.6 Å². The Morgan fingerprint density at radius 1 is 1.33 bits per heavy atom. The standard InChI is InChI=1S/C15H17NO5/c1-19-13-5-3-4-11(14(13)20-2)15(18)16-8-12(17)10-6-7-21-9-10/h3-7,9,12,17H,8H2,1-2H3,(H,16,18). The summed E-state index contributed by atoms with van der Waals surface area (Å²) in [6.07, 6.45) is 2.07. The molecule has 0 aliphatic carbocycles. The van der Waals surface area contributed by atoms with Crippen LogP contribution < -0.4 is 14.8 Å².